The van der Waals surface area contributed by atoms with Crippen molar-refractivity contribution in [3.05, 3.63) is 35.6 Å². The Kier molecular flexibility index (Phi) is 3.20. The van der Waals surface area contributed by atoms with E-state index in [4.69, 9.17) is 9.52 Å². The van der Waals surface area contributed by atoms with Crippen molar-refractivity contribution in [1.29, 1.82) is 0 Å². The van der Waals surface area contributed by atoms with Crippen LogP contribution in [-0.2, 0) is 4.79 Å². The molecule has 2 heterocycles. The summed E-state index contributed by atoms with van der Waals surface area (Å²) in [7, 11) is 0. The number of carboxylic acid groups (broad SMARTS) is 1. The molecule has 0 spiro atoms. The van der Waals surface area contributed by atoms with Gasteiger partial charge in [-0.1, -0.05) is 11.6 Å². The number of aliphatic carboxylic acids is 1. The number of carbonyl (C=O) groups is 2. The second kappa shape index (κ2) is 4.91. The number of aryl methyl sites for hydroxylation is 1. The lowest BCUT2D eigenvalue weighted by Crippen LogP contribution is -2.37. The molecule has 0 bridgehead atoms. The van der Waals surface area contributed by atoms with Gasteiger partial charge in [0.15, 0.2) is 5.76 Å². The number of hydrogen-bond acceptors (Lipinski definition) is 3. The summed E-state index contributed by atoms with van der Waals surface area (Å²) in [4.78, 5) is 25.2. The molecule has 0 radical (unpaired) electrons. The monoisotopic (exact) mass is 287 g/mol. The van der Waals surface area contributed by atoms with Gasteiger partial charge in [0.1, 0.15) is 5.58 Å². The first-order valence-corrected chi connectivity index (χ1v) is 7.01. The molecule has 1 aliphatic rings. The van der Waals surface area contributed by atoms with Crippen molar-refractivity contribution in [2.75, 3.05) is 6.54 Å². The summed E-state index contributed by atoms with van der Waals surface area (Å²) in [5.74, 6) is -1.31. The summed E-state index contributed by atoms with van der Waals surface area (Å²) in [5, 5.41) is 10.0. The number of hydrogen-bond donors (Lipinski definition) is 1. The van der Waals surface area contributed by atoms with Gasteiger partial charge in [0.05, 0.1) is 5.92 Å². The Balaban J connectivity index is 1.89. The van der Waals surface area contributed by atoms with Crippen molar-refractivity contribution >= 4 is 22.8 Å². The zero-order chi connectivity index (χ0) is 15.1. The molecule has 3 rings (SSSR count). The molecule has 0 saturated carbocycles. The molecule has 5 heteroatoms. The number of amides is 1. The highest BCUT2D eigenvalue weighted by Gasteiger charge is 2.39. The fourth-order valence-corrected chi connectivity index (χ4v) is 2.97. The van der Waals surface area contributed by atoms with E-state index in [1.54, 1.807) is 17.9 Å². The van der Waals surface area contributed by atoms with Gasteiger partial charge in [-0.25, -0.2) is 0 Å². The van der Waals surface area contributed by atoms with Gasteiger partial charge in [0.2, 0.25) is 0 Å². The second-order valence-corrected chi connectivity index (χ2v) is 5.62. The smallest absolute Gasteiger partial charge is 0.308 e. The van der Waals surface area contributed by atoms with Gasteiger partial charge >= 0.3 is 5.97 Å². The van der Waals surface area contributed by atoms with E-state index in [-0.39, 0.29) is 17.7 Å². The molecular formula is C16H17NO4. The van der Waals surface area contributed by atoms with Crippen LogP contribution in [0.3, 0.4) is 0 Å². The summed E-state index contributed by atoms with van der Waals surface area (Å²) in [6, 6.07) is 7.15. The van der Waals surface area contributed by atoms with Crippen LogP contribution in [0.25, 0.3) is 11.0 Å². The van der Waals surface area contributed by atoms with Crippen molar-refractivity contribution < 1.29 is 19.1 Å². The average Bonchev–Trinajstić information content (AvgIpc) is 3.00. The van der Waals surface area contributed by atoms with Gasteiger partial charge < -0.3 is 14.4 Å². The number of furan rings is 1. The van der Waals surface area contributed by atoms with Gasteiger partial charge in [0, 0.05) is 18.0 Å². The number of benzene rings is 1. The van der Waals surface area contributed by atoms with E-state index in [1.165, 1.54) is 0 Å². The van der Waals surface area contributed by atoms with Crippen molar-refractivity contribution in [1.82, 2.24) is 4.90 Å². The predicted molar refractivity (Wildman–Crippen MR) is 77.2 cm³/mol. The van der Waals surface area contributed by atoms with Gasteiger partial charge in [-0.05, 0) is 38.5 Å². The summed E-state index contributed by atoms with van der Waals surface area (Å²) in [6.07, 6.45) is 0.488. The molecule has 1 aromatic heterocycles. The lowest BCUT2D eigenvalue weighted by Gasteiger charge is -2.22. The number of rotatable bonds is 2. The van der Waals surface area contributed by atoms with Gasteiger partial charge in [-0.3, -0.25) is 9.59 Å². The van der Waals surface area contributed by atoms with Gasteiger partial charge in [0.25, 0.3) is 5.91 Å². The molecule has 1 fully saturated rings. The molecule has 1 aliphatic heterocycles. The first kappa shape index (κ1) is 13.7. The molecule has 1 saturated heterocycles. The lowest BCUT2D eigenvalue weighted by molar-refractivity contribution is -0.142. The number of likely N-dealkylation sites (tertiary alicyclic amines) is 1. The summed E-state index contributed by atoms with van der Waals surface area (Å²) in [6.45, 7) is 4.21. The molecule has 2 atom stereocenters. The van der Waals surface area contributed by atoms with Crippen LogP contribution < -0.4 is 0 Å². The van der Waals surface area contributed by atoms with Crippen LogP contribution in [0, 0.1) is 12.8 Å². The first-order chi connectivity index (χ1) is 9.97. The van der Waals surface area contributed by atoms with E-state index >= 15 is 0 Å². The number of carboxylic acids is 1. The minimum absolute atomic E-state index is 0.236. The van der Waals surface area contributed by atoms with E-state index < -0.39 is 11.9 Å². The highest BCUT2D eigenvalue weighted by Crippen LogP contribution is 2.28. The largest absolute Gasteiger partial charge is 0.481 e. The molecule has 0 aliphatic carbocycles. The molecule has 2 aromatic rings. The predicted octanol–water partition coefficient (Wildman–Crippen LogP) is 2.68. The van der Waals surface area contributed by atoms with E-state index in [1.807, 2.05) is 25.1 Å². The van der Waals surface area contributed by atoms with E-state index in [9.17, 15) is 9.59 Å². The Morgan fingerprint density at radius 1 is 1.33 bits per heavy atom. The van der Waals surface area contributed by atoms with Crippen LogP contribution in [-0.4, -0.2) is 34.5 Å². The molecule has 21 heavy (non-hydrogen) atoms. The number of carbonyl (C=O) groups excluding carboxylic acids is 1. The van der Waals surface area contributed by atoms with Gasteiger partial charge in [-0.15, -0.1) is 0 Å². The maximum Gasteiger partial charge on any atom is 0.308 e. The van der Waals surface area contributed by atoms with Crippen LogP contribution in [0.1, 0.15) is 29.5 Å². The zero-order valence-electron chi connectivity index (χ0n) is 12.0. The zero-order valence-corrected chi connectivity index (χ0v) is 12.0. The fraction of sp³-hybridized carbons (Fsp3) is 0.375. The van der Waals surface area contributed by atoms with Crippen molar-refractivity contribution in [3.8, 4) is 0 Å². The van der Waals surface area contributed by atoms with Crippen LogP contribution >= 0.6 is 0 Å². The summed E-state index contributed by atoms with van der Waals surface area (Å²) in [5.41, 5.74) is 1.77. The average molecular weight is 287 g/mol. The normalized spacial score (nSPS) is 21.9. The molecule has 2 unspecified atom stereocenters. The van der Waals surface area contributed by atoms with Crippen LogP contribution in [0.4, 0.5) is 0 Å². The third-order valence-electron chi connectivity index (χ3n) is 4.22. The maximum atomic E-state index is 12.5. The summed E-state index contributed by atoms with van der Waals surface area (Å²) >= 11 is 0. The maximum absolute atomic E-state index is 12.5. The van der Waals surface area contributed by atoms with Crippen LogP contribution in [0.15, 0.2) is 28.7 Å². The van der Waals surface area contributed by atoms with Crippen LogP contribution in [0.5, 0.6) is 0 Å². The number of nitrogens with zero attached hydrogens (tertiary/aromatic N) is 1. The summed E-state index contributed by atoms with van der Waals surface area (Å²) < 4.78 is 5.60. The lowest BCUT2D eigenvalue weighted by atomic mass is 10.0. The van der Waals surface area contributed by atoms with Crippen molar-refractivity contribution in [2.45, 2.75) is 26.3 Å². The fourth-order valence-electron chi connectivity index (χ4n) is 2.97. The SMILES string of the molecule is Cc1ccc2oc(C(=O)N3CCC(C(=O)O)C3C)cc2c1. The highest BCUT2D eigenvalue weighted by atomic mass is 16.4. The third kappa shape index (κ3) is 2.28. The third-order valence-corrected chi connectivity index (χ3v) is 4.22. The highest BCUT2D eigenvalue weighted by molar-refractivity contribution is 5.96. The minimum atomic E-state index is -0.849. The molecule has 1 N–H and O–H groups in total. The van der Waals surface area contributed by atoms with Crippen LogP contribution in [0.2, 0.25) is 0 Å². The topological polar surface area (TPSA) is 70.8 Å². The Hall–Kier alpha value is -2.30. The Morgan fingerprint density at radius 2 is 2.10 bits per heavy atom. The molecular weight excluding hydrogens is 270 g/mol. The van der Waals surface area contributed by atoms with E-state index in [2.05, 4.69) is 0 Å². The Bertz CT molecular complexity index is 718. The van der Waals surface area contributed by atoms with E-state index in [0.29, 0.717) is 18.5 Å². The molecule has 110 valence electrons. The first-order valence-electron chi connectivity index (χ1n) is 7.01. The molecule has 1 aromatic carbocycles. The van der Waals surface area contributed by atoms with Crippen molar-refractivity contribution in [3.63, 3.8) is 0 Å². The Labute approximate surface area is 122 Å². The quantitative estimate of drug-likeness (QED) is 0.921. The van der Waals surface area contributed by atoms with Crippen molar-refractivity contribution in [2.24, 2.45) is 5.92 Å². The Morgan fingerprint density at radius 3 is 2.76 bits per heavy atom. The standard InChI is InChI=1S/C16H17NO4/c1-9-3-4-13-11(7-9)8-14(21-13)15(18)17-6-5-12(10(17)2)16(19)20/h3-4,7-8,10,12H,5-6H2,1-2H3,(H,19,20). The minimum Gasteiger partial charge on any atom is -0.481 e. The van der Waals surface area contributed by atoms with Gasteiger partial charge in [-0.2, -0.15) is 0 Å². The number of fused-ring (bicyclic) bond motifs is 1. The second-order valence-electron chi connectivity index (χ2n) is 5.62. The van der Waals surface area contributed by atoms with E-state index in [0.717, 1.165) is 10.9 Å². The molecule has 1 amide bonds. The molecule has 5 nitrogen and oxygen atoms in total.